The van der Waals surface area contributed by atoms with Crippen molar-refractivity contribution in [2.24, 2.45) is 0 Å². The zero-order valence-corrected chi connectivity index (χ0v) is 11.2. The van der Waals surface area contributed by atoms with Crippen LogP contribution in [0.15, 0.2) is 0 Å². The largest absolute Gasteiger partial charge is 1.00 e. The van der Waals surface area contributed by atoms with Gasteiger partial charge in [-0.05, 0) is 6.42 Å². The maximum absolute atomic E-state index is 10.9. The number of nitrogens with one attached hydrogen (secondary N) is 1. The van der Waals surface area contributed by atoms with Gasteiger partial charge in [0.25, 0.3) is 0 Å². The van der Waals surface area contributed by atoms with Crippen molar-refractivity contribution in [2.45, 2.75) is 32.6 Å². The van der Waals surface area contributed by atoms with E-state index in [1.807, 2.05) is 6.92 Å². The van der Waals surface area contributed by atoms with Crippen molar-refractivity contribution in [3.63, 3.8) is 0 Å². The van der Waals surface area contributed by atoms with Gasteiger partial charge in [0.05, 0.1) is 0 Å². The Morgan fingerprint density at radius 3 is 2.58 bits per heavy atom. The van der Waals surface area contributed by atoms with Crippen molar-refractivity contribution in [2.75, 3.05) is 13.2 Å². The molecule has 4 heteroatoms. The van der Waals surface area contributed by atoms with Crippen molar-refractivity contribution in [3.05, 3.63) is 0 Å². The fraction of sp³-hybridized carbons (Fsp3) is 0.875. The summed E-state index contributed by atoms with van der Waals surface area (Å²) >= 11 is 0. The molecule has 0 aromatic heterocycles. The van der Waals surface area contributed by atoms with Gasteiger partial charge >= 0.3 is 51.4 Å². The van der Waals surface area contributed by atoms with Crippen LogP contribution in [0.2, 0.25) is 0 Å². The summed E-state index contributed by atoms with van der Waals surface area (Å²) in [6.07, 6.45) is 3.10. The Morgan fingerprint density at radius 1 is 1.42 bits per heavy atom. The molecule has 0 aromatic rings. The van der Waals surface area contributed by atoms with Gasteiger partial charge in [-0.2, -0.15) is 0 Å². The molecule has 0 unspecified atom stereocenters. The van der Waals surface area contributed by atoms with E-state index in [1.54, 1.807) is 0 Å². The minimum Gasteiger partial charge on any atom is -0.854 e. The molecule has 12 heavy (non-hydrogen) atoms. The van der Waals surface area contributed by atoms with Gasteiger partial charge in [0.15, 0.2) is 0 Å². The standard InChI is InChI=1S/C8H16NO2.K/c1-2-3-5-8(11)9-6-4-7-10;/h2-7H2,1H3,(H,9,11);/q-1;+1. The molecule has 0 saturated heterocycles. The molecular formula is C8H16KNO2. The van der Waals surface area contributed by atoms with Crippen molar-refractivity contribution in [1.29, 1.82) is 0 Å². The van der Waals surface area contributed by atoms with Crippen LogP contribution in [0.25, 0.3) is 0 Å². The summed E-state index contributed by atoms with van der Waals surface area (Å²) in [5, 5.41) is 12.7. The Bertz CT molecular complexity index is 109. The summed E-state index contributed by atoms with van der Waals surface area (Å²) in [4.78, 5) is 10.9. The second-order valence-corrected chi connectivity index (χ2v) is 2.51. The minimum absolute atomic E-state index is 0. The van der Waals surface area contributed by atoms with Gasteiger partial charge in [-0.15, -0.1) is 6.61 Å². The van der Waals surface area contributed by atoms with Crippen LogP contribution in [0, 0.1) is 0 Å². The molecule has 0 spiro atoms. The van der Waals surface area contributed by atoms with Gasteiger partial charge < -0.3 is 10.4 Å². The van der Waals surface area contributed by atoms with E-state index >= 15 is 0 Å². The van der Waals surface area contributed by atoms with Gasteiger partial charge in [0.1, 0.15) is 0 Å². The molecule has 0 atom stereocenters. The summed E-state index contributed by atoms with van der Waals surface area (Å²) in [5.74, 6) is 0.0697. The fourth-order valence-corrected chi connectivity index (χ4v) is 0.726. The first-order valence-electron chi connectivity index (χ1n) is 4.16. The SMILES string of the molecule is CCCCC(=O)NCCC[O-].[K+]. The van der Waals surface area contributed by atoms with E-state index in [2.05, 4.69) is 5.32 Å². The summed E-state index contributed by atoms with van der Waals surface area (Å²) in [6.45, 7) is 2.48. The van der Waals surface area contributed by atoms with Crippen LogP contribution < -0.4 is 61.8 Å². The number of amides is 1. The van der Waals surface area contributed by atoms with Gasteiger partial charge in [-0.3, -0.25) is 4.79 Å². The van der Waals surface area contributed by atoms with E-state index in [4.69, 9.17) is 0 Å². The van der Waals surface area contributed by atoms with E-state index in [1.165, 1.54) is 0 Å². The Morgan fingerprint density at radius 2 is 2.08 bits per heavy atom. The van der Waals surface area contributed by atoms with Gasteiger partial charge in [-0.1, -0.05) is 19.8 Å². The molecule has 0 saturated carbocycles. The van der Waals surface area contributed by atoms with E-state index < -0.39 is 0 Å². The predicted octanol–water partition coefficient (Wildman–Crippen LogP) is -2.95. The molecule has 0 bridgehead atoms. The second kappa shape index (κ2) is 12.1. The molecule has 0 aliphatic carbocycles. The first kappa shape index (κ1) is 15.5. The normalized spacial score (nSPS) is 8.83. The monoisotopic (exact) mass is 197 g/mol. The predicted molar refractivity (Wildman–Crippen MR) is 42.0 cm³/mol. The molecule has 0 aliphatic rings. The molecule has 0 radical (unpaired) electrons. The van der Waals surface area contributed by atoms with E-state index in [0.717, 1.165) is 12.8 Å². The van der Waals surface area contributed by atoms with E-state index in [0.29, 0.717) is 19.4 Å². The maximum Gasteiger partial charge on any atom is 1.00 e. The van der Waals surface area contributed by atoms with Crippen LogP contribution in [0.3, 0.4) is 0 Å². The molecule has 0 fully saturated rings. The third-order valence-corrected chi connectivity index (χ3v) is 1.40. The van der Waals surface area contributed by atoms with Gasteiger partial charge in [0.2, 0.25) is 5.91 Å². The molecule has 0 rings (SSSR count). The first-order chi connectivity index (χ1) is 5.31. The van der Waals surface area contributed by atoms with Crippen LogP contribution in [0.4, 0.5) is 0 Å². The van der Waals surface area contributed by atoms with Crippen LogP contribution in [0.5, 0.6) is 0 Å². The fourth-order valence-electron chi connectivity index (χ4n) is 0.726. The molecule has 1 N–H and O–H groups in total. The molecule has 0 aliphatic heterocycles. The Hall–Kier alpha value is 1.07. The smallest absolute Gasteiger partial charge is 0.854 e. The summed E-state index contributed by atoms with van der Waals surface area (Å²) in [7, 11) is 0. The zero-order chi connectivity index (χ0) is 8.53. The number of carbonyl (C=O) groups excluding carboxylic acids is 1. The quantitative estimate of drug-likeness (QED) is 0.366. The summed E-state index contributed by atoms with van der Waals surface area (Å²) in [6, 6.07) is 0. The Kier molecular flexibility index (Phi) is 15.6. The molecule has 66 valence electrons. The van der Waals surface area contributed by atoms with Crippen LogP contribution in [0.1, 0.15) is 32.6 Å². The molecule has 3 nitrogen and oxygen atoms in total. The molecular weight excluding hydrogens is 181 g/mol. The van der Waals surface area contributed by atoms with Crippen molar-refractivity contribution in [1.82, 2.24) is 5.32 Å². The summed E-state index contributed by atoms with van der Waals surface area (Å²) in [5.41, 5.74) is 0. The molecule has 0 aromatic carbocycles. The summed E-state index contributed by atoms with van der Waals surface area (Å²) < 4.78 is 0. The third-order valence-electron chi connectivity index (χ3n) is 1.40. The van der Waals surface area contributed by atoms with E-state index in [-0.39, 0.29) is 63.9 Å². The molecule has 0 heterocycles. The number of rotatable bonds is 6. The third kappa shape index (κ3) is 11.1. The van der Waals surface area contributed by atoms with Gasteiger partial charge in [0, 0.05) is 13.0 Å². The Balaban J connectivity index is 0. The minimum atomic E-state index is -0.103. The first-order valence-corrected chi connectivity index (χ1v) is 4.16. The number of unbranched alkanes of at least 4 members (excludes halogenated alkanes) is 1. The number of hydrogen-bond donors (Lipinski definition) is 1. The van der Waals surface area contributed by atoms with Crippen molar-refractivity contribution < 1.29 is 61.3 Å². The average Bonchev–Trinajstić information content (AvgIpc) is 2.01. The van der Waals surface area contributed by atoms with Crippen molar-refractivity contribution in [3.8, 4) is 0 Å². The van der Waals surface area contributed by atoms with Crippen molar-refractivity contribution >= 4 is 5.91 Å². The van der Waals surface area contributed by atoms with Crippen LogP contribution >= 0.6 is 0 Å². The maximum atomic E-state index is 10.9. The zero-order valence-electron chi connectivity index (χ0n) is 8.06. The number of carbonyl (C=O) groups is 1. The van der Waals surface area contributed by atoms with Crippen LogP contribution in [-0.2, 0) is 4.79 Å². The average molecular weight is 197 g/mol. The van der Waals surface area contributed by atoms with E-state index in [9.17, 15) is 9.90 Å². The number of hydrogen-bond acceptors (Lipinski definition) is 2. The second-order valence-electron chi connectivity index (χ2n) is 2.51. The topological polar surface area (TPSA) is 52.2 Å². The molecule has 1 amide bonds. The van der Waals surface area contributed by atoms with Crippen LogP contribution in [-0.4, -0.2) is 19.1 Å². The Labute approximate surface area is 117 Å². The van der Waals surface area contributed by atoms with Gasteiger partial charge in [-0.25, -0.2) is 0 Å².